The van der Waals surface area contributed by atoms with Gasteiger partial charge in [0.2, 0.25) is 12.5 Å². The van der Waals surface area contributed by atoms with Gasteiger partial charge in [-0.3, -0.25) is 4.79 Å². The van der Waals surface area contributed by atoms with Crippen molar-refractivity contribution in [2.45, 2.75) is 39.0 Å². The number of alkyl carbamates (subject to hydrolysis) is 1. The third-order valence-electron chi connectivity index (χ3n) is 2.93. The number of carbonyl (C=O) groups is 2. The highest BCUT2D eigenvalue weighted by atomic mass is 16.6. The van der Waals surface area contributed by atoms with Crippen LogP contribution in [0.1, 0.15) is 26.3 Å². The Bertz CT molecular complexity index is 591. The first kappa shape index (κ1) is 20.5. The Balaban J connectivity index is 2.58. The molecule has 7 nitrogen and oxygen atoms in total. The summed E-state index contributed by atoms with van der Waals surface area (Å²) in [6.07, 6.45) is -0.693. The monoisotopic (exact) mass is 347 g/mol. The number of hydrogen-bond donors (Lipinski definition) is 2. The molecule has 1 rings (SSSR count). The van der Waals surface area contributed by atoms with E-state index in [9.17, 15) is 9.59 Å². The minimum Gasteiger partial charge on any atom is -0.444 e. The van der Waals surface area contributed by atoms with Gasteiger partial charge in [-0.25, -0.2) is 11.4 Å². The average molecular weight is 347 g/mol. The van der Waals surface area contributed by atoms with Gasteiger partial charge in [-0.15, -0.1) is 0 Å². The lowest BCUT2D eigenvalue weighted by atomic mass is 10.2. The molecule has 7 heteroatoms. The number of nitrogens with one attached hydrogen (secondary N) is 2. The summed E-state index contributed by atoms with van der Waals surface area (Å²) in [4.78, 5) is 27.3. The Morgan fingerprint density at radius 3 is 2.52 bits per heavy atom. The maximum Gasteiger partial charge on any atom is 0.408 e. The van der Waals surface area contributed by atoms with Crippen LogP contribution in [-0.4, -0.2) is 43.3 Å². The highest BCUT2D eigenvalue weighted by molar-refractivity contribution is 5.85. The largest absolute Gasteiger partial charge is 0.444 e. The van der Waals surface area contributed by atoms with Crippen LogP contribution in [0.5, 0.6) is 0 Å². The predicted molar refractivity (Wildman–Crippen MR) is 93.7 cm³/mol. The zero-order chi connectivity index (χ0) is 18.7. The molecule has 0 radical (unpaired) electrons. The van der Waals surface area contributed by atoms with Gasteiger partial charge in [0.15, 0.2) is 0 Å². The Kier molecular flexibility index (Phi) is 8.44. The van der Waals surface area contributed by atoms with E-state index in [2.05, 4.69) is 15.5 Å². The molecule has 0 aromatic heterocycles. The number of amides is 2. The second kappa shape index (κ2) is 10.3. The molecule has 0 spiro atoms. The van der Waals surface area contributed by atoms with Crippen LogP contribution in [0.3, 0.4) is 0 Å². The summed E-state index contributed by atoms with van der Waals surface area (Å²) >= 11 is 0. The number of hydrogen-bond acceptors (Lipinski definition) is 4. The van der Waals surface area contributed by atoms with E-state index in [4.69, 9.17) is 16.0 Å². The van der Waals surface area contributed by atoms with Gasteiger partial charge in [-0.2, -0.15) is 0 Å². The van der Waals surface area contributed by atoms with Gasteiger partial charge in [0.25, 0.3) is 0 Å². The van der Waals surface area contributed by atoms with Crippen LogP contribution in [0.2, 0.25) is 0 Å². The van der Waals surface area contributed by atoms with Crippen molar-refractivity contribution in [2.24, 2.45) is 0 Å². The first-order chi connectivity index (χ1) is 11.8. The van der Waals surface area contributed by atoms with E-state index in [-0.39, 0.29) is 19.7 Å². The van der Waals surface area contributed by atoms with Gasteiger partial charge in [-0.05, 0) is 26.3 Å². The van der Waals surface area contributed by atoms with Crippen molar-refractivity contribution in [2.75, 3.05) is 19.7 Å². The van der Waals surface area contributed by atoms with Crippen LogP contribution in [0, 0.1) is 6.57 Å². The fraction of sp³-hybridized carbons (Fsp3) is 0.500. The maximum absolute atomic E-state index is 12.2. The minimum absolute atomic E-state index is 0.00200. The van der Waals surface area contributed by atoms with Gasteiger partial charge < -0.3 is 25.0 Å². The molecule has 1 aromatic rings. The van der Waals surface area contributed by atoms with Crippen LogP contribution in [0.4, 0.5) is 4.79 Å². The molecular formula is C18H25N3O4. The molecule has 0 fully saturated rings. The first-order valence-electron chi connectivity index (χ1n) is 8.04. The van der Waals surface area contributed by atoms with E-state index < -0.39 is 23.6 Å². The molecule has 0 heterocycles. The van der Waals surface area contributed by atoms with E-state index in [1.807, 2.05) is 30.3 Å². The second-order valence-corrected chi connectivity index (χ2v) is 6.37. The van der Waals surface area contributed by atoms with Crippen LogP contribution >= 0.6 is 0 Å². The number of ether oxygens (including phenoxy) is 2. The van der Waals surface area contributed by atoms with Gasteiger partial charge >= 0.3 is 6.09 Å². The minimum atomic E-state index is -0.899. The zero-order valence-corrected chi connectivity index (χ0v) is 14.9. The Morgan fingerprint density at radius 1 is 1.24 bits per heavy atom. The lowest BCUT2D eigenvalue weighted by Crippen LogP contribution is -2.50. The summed E-state index contributed by atoms with van der Waals surface area (Å²) in [6, 6.07) is 8.61. The van der Waals surface area contributed by atoms with E-state index in [0.717, 1.165) is 5.56 Å². The number of rotatable bonds is 8. The molecule has 0 aliphatic carbocycles. The third-order valence-corrected chi connectivity index (χ3v) is 2.93. The maximum atomic E-state index is 12.2. The van der Waals surface area contributed by atoms with Gasteiger partial charge in [0, 0.05) is 0 Å². The average Bonchev–Trinajstić information content (AvgIpc) is 2.53. The lowest BCUT2D eigenvalue weighted by molar-refractivity contribution is -0.124. The first-order valence-corrected chi connectivity index (χ1v) is 8.04. The normalized spacial score (nSPS) is 11.9. The van der Waals surface area contributed by atoms with Crippen LogP contribution in [-0.2, 0) is 20.9 Å². The topological polar surface area (TPSA) is 81.0 Å². The molecule has 1 atom stereocenters. The zero-order valence-electron chi connectivity index (χ0n) is 14.9. The summed E-state index contributed by atoms with van der Waals surface area (Å²) in [6.45, 7) is 12.7. The predicted octanol–water partition coefficient (Wildman–Crippen LogP) is 2.13. The highest BCUT2D eigenvalue weighted by Gasteiger charge is 2.24. The summed E-state index contributed by atoms with van der Waals surface area (Å²) < 4.78 is 10.7. The molecule has 1 aromatic carbocycles. The Labute approximate surface area is 148 Å². The van der Waals surface area contributed by atoms with Crippen LogP contribution < -0.4 is 10.6 Å². The fourth-order valence-corrected chi connectivity index (χ4v) is 1.86. The van der Waals surface area contributed by atoms with Crippen molar-refractivity contribution in [1.82, 2.24) is 10.6 Å². The Morgan fingerprint density at radius 2 is 1.92 bits per heavy atom. The molecule has 0 unspecified atom stereocenters. The molecule has 2 amide bonds. The van der Waals surface area contributed by atoms with E-state index >= 15 is 0 Å². The van der Waals surface area contributed by atoms with Crippen molar-refractivity contribution in [3.63, 3.8) is 0 Å². The van der Waals surface area contributed by atoms with Crippen LogP contribution in [0.25, 0.3) is 4.85 Å². The molecule has 0 saturated heterocycles. The fourth-order valence-electron chi connectivity index (χ4n) is 1.86. The second-order valence-electron chi connectivity index (χ2n) is 6.37. The van der Waals surface area contributed by atoms with Crippen molar-refractivity contribution >= 4 is 12.0 Å². The molecule has 0 aliphatic heterocycles. The van der Waals surface area contributed by atoms with E-state index in [0.29, 0.717) is 6.61 Å². The van der Waals surface area contributed by atoms with Crippen molar-refractivity contribution in [3.05, 3.63) is 47.3 Å². The summed E-state index contributed by atoms with van der Waals surface area (Å²) in [5, 5.41) is 5.11. The molecule has 136 valence electrons. The van der Waals surface area contributed by atoms with Crippen LogP contribution in [0.15, 0.2) is 30.3 Å². The van der Waals surface area contributed by atoms with Crippen molar-refractivity contribution < 1.29 is 19.1 Å². The molecule has 0 saturated carbocycles. The quantitative estimate of drug-likeness (QED) is 0.558. The Hall–Kier alpha value is -2.59. The van der Waals surface area contributed by atoms with E-state index in [1.54, 1.807) is 20.8 Å². The number of carbonyl (C=O) groups excluding carboxylic acids is 2. The van der Waals surface area contributed by atoms with Crippen molar-refractivity contribution in [3.8, 4) is 0 Å². The number of nitrogens with zero attached hydrogens (tertiary/aromatic N) is 1. The summed E-state index contributed by atoms with van der Waals surface area (Å²) in [7, 11) is 0. The molecule has 0 bridgehead atoms. The van der Waals surface area contributed by atoms with Gasteiger partial charge in [-0.1, -0.05) is 30.3 Å². The SMILES string of the molecule is [C-]#[N+]CCNC(=O)[C@@H](COCc1ccccc1)NC(=O)OC(C)(C)C. The molecule has 25 heavy (non-hydrogen) atoms. The molecule has 2 N–H and O–H groups in total. The highest BCUT2D eigenvalue weighted by Crippen LogP contribution is 2.07. The van der Waals surface area contributed by atoms with Gasteiger partial charge in [0.1, 0.15) is 11.6 Å². The van der Waals surface area contributed by atoms with Crippen molar-refractivity contribution in [1.29, 1.82) is 0 Å². The smallest absolute Gasteiger partial charge is 0.408 e. The summed E-state index contributed by atoms with van der Waals surface area (Å²) in [5.41, 5.74) is 0.298. The molecular weight excluding hydrogens is 322 g/mol. The third kappa shape index (κ3) is 9.33. The van der Waals surface area contributed by atoms with Gasteiger partial charge in [0.05, 0.1) is 19.8 Å². The number of benzene rings is 1. The molecule has 0 aliphatic rings. The van der Waals surface area contributed by atoms with E-state index in [1.165, 1.54) is 0 Å². The summed E-state index contributed by atoms with van der Waals surface area (Å²) in [5.74, 6) is -0.414. The lowest BCUT2D eigenvalue weighted by Gasteiger charge is -2.23. The standard InChI is InChI=1S/C18H25N3O4/c1-18(2,3)25-17(23)21-15(16(22)20-11-10-19-4)13-24-12-14-8-6-5-7-9-14/h5-9,15H,10-13H2,1-3H3,(H,20,22)(H,21,23)/t15-/m1/s1.